The summed E-state index contributed by atoms with van der Waals surface area (Å²) in [6.45, 7) is 10.2. The molecule has 0 fully saturated rings. The van der Waals surface area contributed by atoms with Gasteiger partial charge >= 0.3 is 0 Å². The van der Waals surface area contributed by atoms with Crippen molar-refractivity contribution in [2.75, 3.05) is 17.2 Å². The van der Waals surface area contributed by atoms with Gasteiger partial charge in [0.05, 0.1) is 17.1 Å². The second kappa shape index (κ2) is 9.17. The highest BCUT2D eigenvalue weighted by Gasteiger charge is 2.14. The number of aryl methyl sites for hydroxylation is 3. The number of allylic oxidation sites excluding steroid dienone is 1. The second-order valence-electron chi connectivity index (χ2n) is 6.79. The predicted molar refractivity (Wildman–Crippen MR) is 122 cm³/mol. The topological polar surface area (TPSA) is 110 Å². The van der Waals surface area contributed by atoms with Crippen molar-refractivity contribution in [3.63, 3.8) is 0 Å². The molecule has 3 aromatic rings. The van der Waals surface area contributed by atoms with E-state index in [0.717, 1.165) is 37.7 Å². The molecule has 0 unspecified atom stereocenters. The normalized spacial score (nSPS) is 10.7. The summed E-state index contributed by atoms with van der Waals surface area (Å²) >= 11 is 1.50. The van der Waals surface area contributed by atoms with Gasteiger partial charge in [0.2, 0.25) is 5.95 Å². The van der Waals surface area contributed by atoms with E-state index < -0.39 is 0 Å². The number of fused-ring (bicyclic) bond motifs is 1. The van der Waals surface area contributed by atoms with E-state index in [0.29, 0.717) is 30.3 Å². The Morgan fingerprint density at radius 1 is 1.17 bits per heavy atom. The minimum Gasteiger partial charge on any atom is -0.354 e. The van der Waals surface area contributed by atoms with E-state index in [1.807, 2.05) is 45.0 Å². The van der Waals surface area contributed by atoms with E-state index in [1.165, 1.54) is 17.4 Å². The van der Waals surface area contributed by atoms with Gasteiger partial charge in [0.15, 0.2) is 10.6 Å². The number of thiazole rings is 1. The third kappa shape index (κ3) is 4.80. The molecule has 0 bridgehead atoms. The van der Waals surface area contributed by atoms with Crippen LogP contribution in [0.3, 0.4) is 0 Å². The molecule has 2 N–H and O–H groups in total. The zero-order valence-corrected chi connectivity index (χ0v) is 17.9. The minimum atomic E-state index is 0.475. The van der Waals surface area contributed by atoms with E-state index in [1.54, 1.807) is 6.08 Å². The first-order valence-electron chi connectivity index (χ1n) is 9.32. The summed E-state index contributed by atoms with van der Waals surface area (Å²) in [5, 5.41) is 25.1. The van der Waals surface area contributed by atoms with Crippen molar-refractivity contribution in [3.05, 3.63) is 52.1 Å². The maximum Gasteiger partial charge on any atom is 0.226 e. The lowest BCUT2D eigenvalue weighted by molar-refractivity contribution is 1.00. The Balaban J connectivity index is 1.95. The predicted octanol–water partition coefficient (Wildman–Crippen LogP) is 5.17. The van der Waals surface area contributed by atoms with Gasteiger partial charge in [-0.25, -0.2) is 9.97 Å². The van der Waals surface area contributed by atoms with Crippen LogP contribution in [0.1, 0.15) is 28.1 Å². The average Bonchev–Trinajstić information content (AvgIpc) is 3.09. The van der Waals surface area contributed by atoms with Gasteiger partial charge in [-0.3, -0.25) is 0 Å². The molecule has 0 aliphatic carbocycles. The number of rotatable bonds is 7. The van der Waals surface area contributed by atoms with Crippen LogP contribution in [0, 0.1) is 43.4 Å². The molecule has 0 amide bonds. The highest BCUT2D eigenvalue weighted by Crippen LogP contribution is 2.31. The van der Waals surface area contributed by atoms with Crippen molar-refractivity contribution >= 4 is 45.2 Å². The fourth-order valence-corrected chi connectivity index (χ4v) is 3.80. The maximum atomic E-state index is 8.86. The molecule has 8 heteroatoms. The molecule has 3 rings (SSSR count). The minimum absolute atomic E-state index is 0.475. The Morgan fingerprint density at radius 3 is 2.57 bits per heavy atom. The molecule has 150 valence electrons. The summed E-state index contributed by atoms with van der Waals surface area (Å²) in [5.41, 5.74) is 5.20. The van der Waals surface area contributed by atoms with E-state index >= 15 is 0 Å². The van der Waals surface area contributed by atoms with Crippen molar-refractivity contribution in [3.8, 4) is 12.1 Å². The molecule has 0 radical (unpaired) electrons. The lowest BCUT2D eigenvalue weighted by Crippen LogP contribution is -2.08. The van der Waals surface area contributed by atoms with Crippen molar-refractivity contribution in [1.29, 1.82) is 10.5 Å². The van der Waals surface area contributed by atoms with Crippen molar-refractivity contribution in [1.82, 2.24) is 15.0 Å². The van der Waals surface area contributed by atoms with Crippen LogP contribution in [0.15, 0.2) is 30.4 Å². The van der Waals surface area contributed by atoms with Gasteiger partial charge in [-0.05, 0) is 62.1 Å². The van der Waals surface area contributed by atoms with Crippen LogP contribution >= 0.6 is 11.3 Å². The quantitative estimate of drug-likeness (QED) is 0.512. The van der Waals surface area contributed by atoms with Gasteiger partial charge in [-0.2, -0.15) is 15.5 Å². The Morgan fingerprint density at radius 2 is 1.90 bits per heavy atom. The van der Waals surface area contributed by atoms with Gasteiger partial charge in [0.25, 0.3) is 0 Å². The first-order valence-corrected chi connectivity index (χ1v) is 10.1. The summed E-state index contributed by atoms with van der Waals surface area (Å²) in [6.07, 6.45) is 3.78. The second-order valence-corrected chi connectivity index (χ2v) is 7.97. The molecule has 0 saturated carbocycles. The number of anilines is 3. The van der Waals surface area contributed by atoms with Crippen molar-refractivity contribution in [2.45, 2.75) is 27.2 Å². The Labute approximate surface area is 179 Å². The van der Waals surface area contributed by atoms with Crippen LogP contribution in [-0.4, -0.2) is 21.5 Å². The van der Waals surface area contributed by atoms with Gasteiger partial charge < -0.3 is 10.6 Å². The fourth-order valence-electron chi connectivity index (χ4n) is 3.02. The third-order valence-electron chi connectivity index (χ3n) is 4.38. The van der Waals surface area contributed by atoms with Crippen LogP contribution < -0.4 is 10.6 Å². The largest absolute Gasteiger partial charge is 0.354 e. The van der Waals surface area contributed by atoms with Gasteiger partial charge in [-0.1, -0.05) is 17.9 Å². The zero-order chi connectivity index (χ0) is 21.7. The average molecular weight is 416 g/mol. The Hall–Kier alpha value is -3.75. The maximum absolute atomic E-state index is 8.86. The highest BCUT2D eigenvalue weighted by atomic mass is 32.1. The molecule has 2 heterocycles. The molecule has 0 saturated heterocycles. The lowest BCUT2D eigenvalue weighted by Gasteiger charge is -2.14. The molecule has 0 spiro atoms. The number of benzene rings is 1. The summed E-state index contributed by atoms with van der Waals surface area (Å²) < 4.78 is 0. The molecular formula is C22H21N7S. The van der Waals surface area contributed by atoms with Gasteiger partial charge in [0, 0.05) is 23.9 Å². The van der Waals surface area contributed by atoms with E-state index in [4.69, 9.17) is 10.5 Å². The molecule has 0 atom stereocenters. The number of nitrogens with one attached hydrogen (secondary N) is 2. The highest BCUT2D eigenvalue weighted by molar-refractivity contribution is 7.18. The van der Waals surface area contributed by atoms with Crippen LogP contribution in [0.4, 0.5) is 17.5 Å². The standard InChI is InChI=1S/C22H21N7S/c1-13(12-24)7-9-25-22-28-20(19-21(29-22)30-16(4)26-19)27-18-14(2)10-17(6-5-8-23)11-15(18)3/h5-6,10-11H,1,7,9H2,2-4H3,(H2,25,27,28,29)/b6-5+. The van der Waals surface area contributed by atoms with Crippen LogP contribution in [-0.2, 0) is 0 Å². The number of hydrogen-bond donors (Lipinski definition) is 2. The summed E-state index contributed by atoms with van der Waals surface area (Å²) in [4.78, 5) is 14.6. The van der Waals surface area contributed by atoms with E-state index in [2.05, 4.69) is 32.2 Å². The summed E-state index contributed by atoms with van der Waals surface area (Å²) in [6, 6.07) is 8.08. The molecular weight excluding hydrogens is 394 g/mol. The Bertz CT molecular complexity index is 1200. The third-order valence-corrected chi connectivity index (χ3v) is 5.25. The first kappa shape index (κ1) is 21.0. The molecule has 7 nitrogen and oxygen atoms in total. The van der Waals surface area contributed by atoms with Crippen molar-refractivity contribution < 1.29 is 0 Å². The summed E-state index contributed by atoms with van der Waals surface area (Å²) in [5.74, 6) is 1.10. The lowest BCUT2D eigenvalue weighted by atomic mass is 10.0. The summed E-state index contributed by atoms with van der Waals surface area (Å²) in [7, 11) is 0. The van der Waals surface area contributed by atoms with E-state index in [-0.39, 0.29) is 0 Å². The SMILES string of the molecule is C=C(C#N)CCNc1nc(Nc2c(C)cc(/C=C/C#N)cc2C)c2nc(C)sc2n1. The molecule has 1 aromatic carbocycles. The molecule has 2 aromatic heterocycles. The van der Waals surface area contributed by atoms with Crippen LogP contribution in [0.2, 0.25) is 0 Å². The smallest absolute Gasteiger partial charge is 0.226 e. The van der Waals surface area contributed by atoms with Crippen LogP contribution in [0.5, 0.6) is 0 Å². The Kier molecular flexibility index (Phi) is 6.41. The number of aromatic nitrogens is 3. The van der Waals surface area contributed by atoms with Gasteiger partial charge in [-0.15, -0.1) is 0 Å². The molecule has 30 heavy (non-hydrogen) atoms. The molecule has 0 aliphatic heterocycles. The zero-order valence-electron chi connectivity index (χ0n) is 17.1. The fraction of sp³-hybridized carbons (Fsp3) is 0.227. The first-order chi connectivity index (χ1) is 14.4. The monoisotopic (exact) mass is 415 g/mol. The molecule has 0 aliphatic rings. The van der Waals surface area contributed by atoms with Crippen molar-refractivity contribution in [2.24, 2.45) is 0 Å². The van der Waals surface area contributed by atoms with Gasteiger partial charge in [0.1, 0.15) is 5.52 Å². The number of nitrogens with zero attached hydrogens (tertiary/aromatic N) is 5. The number of hydrogen-bond acceptors (Lipinski definition) is 8. The van der Waals surface area contributed by atoms with Crippen LogP contribution in [0.25, 0.3) is 16.4 Å². The number of nitriles is 2. The van der Waals surface area contributed by atoms with E-state index in [9.17, 15) is 0 Å².